The van der Waals surface area contributed by atoms with E-state index in [4.69, 9.17) is 0 Å². The van der Waals surface area contributed by atoms with Gasteiger partial charge >= 0.3 is 0 Å². The van der Waals surface area contributed by atoms with Crippen LogP contribution in [0.1, 0.15) is 18.4 Å². The Morgan fingerprint density at radius 2 is 2.31 bits per heavy atom. The molecule has 2 aliphatic rings. The lowest BCUT2D eigenvalue weighted by Gasteiger charge is -2.38. The van der Waals surface area contributed by atoms with E-state index in [1.165, 1.54) is 37.1 Å². The second-order valence-electron chi connectivity index (χ2n) is 5.22. The monoisotopic (exact) mass is 214 g/mol. The summed E-state index contributed by atoms with van der Waals surface area (Å²) in [5, 5.41) is 0. The number of pyridine rings is 1. The quantitative estimate of drug-likeness (QED) is 0.714. The fourth-order valence-electron chi connectivity index (χ4n) is 3.19. The summed E-state index contributed by atoms with van der Waals surface area (Å²) in [5.74, 6) is 1.61. The minimum Gasteiger partial charge on any atom is -0.305 e. The van der Waals surface area contributed by atoms with Crippen LogP contribution in [0.4, 0.5) is 0 Å². The lowest BCUT2D eigenvalue weighted by Crippen LogP contribution is -2.39. The number of hydrogen-bond acceptors (Lipinski definition) is 2. The maximum atomic E-state index is 4.22. The highest BCUT2D eigenvalue weighted by molar-refractivity contribution is 5.66. The number of piperidine rings is 1. The third-order valence-corrected chi connectivity index (χ3v) is 3.73. The van der Waals surface area contributed by atoms with Gasteiger partial charge in [0, 0.05) is 25.5 Å². The molecule has 0 amide bonds. The first-order chi connectivity index (χ1) is 7.81. The summed E-state index contributed by atoms with van der Waals surface area (Å²) < 4.78 is 0. The van der Waals surface area contributed by atoms with Crippen molar-refractivity contribution in [1.29, 1.82) is 0 Å². The van der Waals surface area contributed by atoms with E-state index in [0.29, 0.717) is 0 Å². The Morgan fingerprint density at radius 1 is 1.38 bits per heavy atom. The molecule has 1 aromatic heterocycles. The van der Waals surface area contributed by atoms with Gasteiger partial charge in [0.15, 0.2) is 0 Å². The molecule has 0 aromatic carbocycles. The second kappa shape index (κ2) is 4.02. The largest absolute Gasteiger partial charge is 0.305 e. The lowest BCUT2D eigenvalue weighted by atomic mass is 9.77. The molecule has 2 atom stereocenters. The summed E-state index contributed by atoms with van der Waals surface area (Å²) >= 11 is 0. The lowest BCUT2D eigenvalue weighted by molar-refractivity contribution is 0.170. The molecule has 2 bridgehead atoms. The molecule has 84 valence electrons. The number of hydrogen-bond donors (Lipinski definition) is 0. The van der Waals surface area contributed by atoms with Crippen molar-refractivity contribution < 1.29 is 0 Å². The maximum Gasteiger partial charge on any atom is 0.0342 e. The third-order valence-electron chi connectivity index (χ3n) is 3.73. The first-order valence-electron chi connectivity index (χ1n) is 6.11. The standard InChI is InChI=1S/C14H18N2/c1-16-9-11-5-12(10-16)7-14(6-11)13-3-2-4-15-8-13/h2-4,6,8,11-12H,5,7,9-10H2,1H3. The highest BCUT2D eigenvalue weighted by atomic mass is 15.1. The molecule has 1 saturated heterocycles. The molecule has 0 saturated carbocycles. The van der Waals surface area contributed by atoms with Crippen LogP contribution in [-0.4, -0.2) is 30.0 Å². The van der Waals surface area contributed by atoms with Gasteiger partial charge in [-0.15, -0.1) is 0 Å². The topological polar surface area (TPSA) is 16.1 Å². The fraction of sp³-hybridized carbons (Fsp3) is 0.500. The van der Waals surface area contributed by atoms with E-state index in [0.717, 1.165) is 11.8 Å². The number of aromatic nitrogens is 1. The summed E-state index contributed by atoms with van der Waals surface area (Å²) in [7, 11) is 2.24. The van der Waals surface area contributed by atoms with E-state index in [1.54, 1.807) is 0 Å². The van der Waals surface area contributed by atoms with Gasteiger partial charge in [0.05, 0.1) is 0 Å². The summed E-state index contributed by atoms with van der Waals surface area (Å²) in [6.45, 7) is 2.48. The van der Waals surface area contributed by atoms with Crippen molar-refractivity contribution in [3.8, 4) is 0 Å². The van der Waals surface area contributed by atoms with Gasteiger partial charge in [-0.2, -0.15) is 0 Å². The van der Waals surface area contributed by atoms with Crippen molar-refractivity contribution in [3.63, 3.8) is 0 Å². The highest BCUT2D eigenvalue weighted by Crippen LogP contribution is 2.37. The molecular formula is C14H18N2. The number of fused-ring (bicyclic) bond motifs is 2. The van der Waals surface area contributed by atoms with Crippen LogP contribution in [0, 0.1) is 11.8 Å². The number of rotatable bonds is 1. The van der Waals surface area contributed by atoms with Crippen molar-refractivity contribution in [2.45, 2.75) is 12.8 Å². The molecule has 0 radical (unpaired) electrons. The summed E-state index contributed by atoms with van der Waals surface area (Å²) in [4.78, 5) is 6.69. The zero-order chi connectivity index (χ0) is 11.0. The van der Waals surface area contributed by atoms with Crippen molar-refractivity contribution in [3.05, 3.63) is 36.2 Å². The zero-order valence-corrected chi connectivity index (χ0v) is 9.76. The molecule has 2 nitrogen and oxygen atoms in total. The van der Waals surface area contributed by atoms with E-state index in [1.807, 2.05) is 18.5 Å². The van der Waals surface area contributed by atoms with Crippen molar-refractivity contribution in [2.24, 2.45) is 11.8 Å². The smallest absolute Gasteiger partial charge is 0.0342 e. The Labute approximate surface area is 97.0 Å². The van der Waals surface area contributed by atoms with Gasteiger partial charge in [-0.25, -0.2) is 0 Å². The molecule has 1 aromatic rings. The molecule has 2 heterocycles. The second-order valence-corrected chi connectivity index (χ2v) is 5.22. The van der Waals surface area contributed by atoms with Crippen LogP contribution in [0.15, 0.2) is 30.6 Å². The van der Waals surface area contributed by atoms with Gasteiger partial charge in [0.25, 0.3) is 0 Å². The Kier molecular flexibility index (Phi) is 2.52. The Morgan fingerprint density at radius 3 is 3.06 bits per heavy atom. The van der Waals surface area contributed by atoms with Gasteiger partial charge in [0.1, 0.15) is 0 Å². The Balaban J connectivity index is 1.88. The molecule has 0 spiro atoms. The van der Waals surface area contributed by atoms with Crippen molar-refractivity contribution >= 4 is 5.57 Å². The SMILES string of the molecule is CN1CC2C=C(c3cccnc3)CC(C2)C1. The predicted octanol–water partition coefficient (Wildman–Crippen LogP) is 2.44. The first-order valence-corrected chi connectivity index (χ1v) is 6.11. The van der Waals surface area contributed by atoms with Gasteiger partial charge in [-0.3, -0.25) is 4.98 Å². The maximum absolute atomic E-state index is 4.22. The minimum atomic E-state index is 0.757. The normalized spacial score (nSPS) is 29.9. The zero-order valence-electron chi connectivity index (χ0n) is 9.76. The van der Waals surface area contributed by atoms with E-state index in [2.05, 4.69) is 29.1 Å². The Hall–Kier alpha value is -1.15. The molecular weight excluding hydrogens is 196 g/mol. The first kappa shape index (κ1) is 10.0. The number of nitrogens with zero attached hydrogens (tertiary/aromatic N) is 2. The molecule has 3 rings (SSSR count). The molecule has 16 heavy (non-hydrogen) atoms. The van der Waals surface area contributed by atoms with Gasteiger partial charge in [-0.1, -0.05) is 12.1 Å². The molecule has 2 unspecified atom stereocenters. The average molecular weight is 214 g/mol. The summed E-state index contributed by atoms with van der Waals surface area (Å²) in [6, 6.07) is 4.22. The molecule has 0 N–H and O–H groups in total. The van der Waals surface area contributed by atoms with E-state index in [-0.39, 0.29) is 0 Å². The van der Waals surface area contributed by atoms with E-state index < -0.39 is 0 Å². The number of likely N-dealkylation sites (tertiary alicyclic amines) is 1. The Bertz CT molecular complexity index is 396. The van der Waals surface area contributed by atoms with Crippen LogP contribution in [0.2, 0.25) is 0 Å². The molecule has 1 fully saturated rings. The van der Waals surface area contributed by atoms with Crippen LogP contribution >= 0.6 is 0 Å². The average Bonchev–Trinajstić information content (AvgIpc) is 2.28. The van der Waals surface area contributed by atoms with Gasteiger partial charge < -0.3 is 4.90 Å². The summed E-state index contributed by atoms with van der Waals surface area (Å²) in [6.07, 6.45) is 8.93. The van der Waals surface area contributed by atoms with Gasteiger partial charge in [-0.05, 0) is 48.9 Å². The predicted molar refractivity (Wildman–Crippen MR) is 65.9 cm³/mol. The van der Waals surface area contributed by atoms with Gasteiger partial charge in [0.2, 0.25) is 0 Å². The van der Waals surface area contributed by atoms with Crippen molar-refractivity contribution in [2.75, 3.05) is 20.1 Å². The molecule has 1 aliphatic heterocycles. The van der Waals surface area contributed by atoms with Crippen LogP contribution in [0.3, 0.4) is 0 Å². The highest BCUT2D eigenvalue weighted by Gasteiger charge is 2.29. The van der Waals surface area contributed by atoms with Crippen LogP contribution in [-0.2, 0) is 0 Å². The van der Waals surface area contributed by atoms with E-state index in [9.17, 15) is 0 Å². The summed E-state index contributed by atoms with van der Waals surface area (Å²) in [5.41, 5.74) is 2.84. The van der Waals surface area contributed by atoms with E-state index >= 15 is 0 Å². The van der Waals surface area contributed by atoms with Crippen LogP contribution in [0.25, 0.3) is 5.57 Å². The molecule has 2 heteroatoms. The van der Waals surface area contributed by atoms with Crippen LogP contribution in [0.5, 0.6) is 0 Å². The third kappa shape index (κ3) is 1.90. The number of allylic oxidation sites excluding steroid dienone is 1. The van der Waals surface area contributed by atoms with Crippen molar-refractivity contribution in [1.82, 2.24) is 9.88 Å². The minimum absolute atomic E-state index is 0.757. The van der Waals surface area contributed by atoms with Crippen LogP contribution < -0.4 is 0 Å². The fourth-order valence-corrected chi connectivity index (χ4v) is 3.19. The molecule has 1 aliphatic carbocycles.